The first-order valence-corrected chi connectivity index (χ1v) is 9.92. The van der Waals surface area contributed by atoms with Gasteiger partial charge in [-0.05, 0) is 36.3 Å². The van der Waals surface area contributed by atoms with Crippen molar-refractivity contribution in [2.24, 2.45) is 5.92 Å². The Morgan fingerprint density at radius 1 is 1.17 bits per heavy atom. The van der Waals surface area contributed by atoms with Gasteiger partial charge in [-0.25, -0.2) is 0 Å². The highest BCUT2D eigenvalue weighted by atomic mass is 35.5. The van der Waals surface area contributed by atoms with E-state index in [0.29, 0.717) is 6.42 Å². The van der Waals surface area contributed by atoms with Crippen LogP contribution in [0.25, 0.3) is 0 Å². The molecular formula is C21H31ClO2. The van der Waals surface area contributed by atoms with E-state index < -0.39 is 0 Å². The molecule has 0 heterocycles. The van der Waals surface area contributed by atoms with Gasteiger partial charge < -0.3 is 4.74 Å². The molecule has 0 bridgehead atoms. The number of hydrogen-bond donors (Lipinski definition) is 0. The molecule has 1 saturated carbocycles. The molecule has 0 saturated heterocycles. The minimum atomic E-state index is -0.134. The fourth-order valence-electron chi connectivity index (χ4n) is 3.66. The number of rotatable bonds is 9. The molecule has 0 aromatic heterocycles. The first kappa shape index (κ1) is 19.3. The molecule has 1 aliphatic carbocycles. The molecule has 24 heavy (non-hydrogen) atoms. The van der Waals surface area contributed by atoms with Crippen LogP contribution in [-0.2, 0) is 16.0 Å². The van der Waals surface area contributed by atoms with Gasteiger partial charge in [-0.2, -0.15) is 0 Å². The van der Waals surface area contributed by atoms with Crippen LogP contribution in [0.2, 0.25) is 0 Å². The second-order valence-corrected chi connectivity index (χ2v) is 7.60. The van der Waals surface area contributed by atoms with Gasteiger partial charge in [-0.1, -0.05) is 69.2 Å². The Hall–Kier alpha value is -1.02. The quantitative estimate of drug-likeness (QED) is 0.390. The third-order valence-corrected chi connectivity index (χ3v) is 5.68. The number of methoxy groups -OCH3 is 1. The van der Waals surface area contributed by atoms with E-state index in [4.69, 9.17) is 11.6 Å². The van der Waals surface area contributed by atoms with Gasteiger partial charge >= 0.3 is 5.97 Å². The monoisotopic (exact) mass is 350 g/mol. The van der Waals surface area contributed by atoms with Crippen LogP contribution in [-0.4, -0.2) is 13.1 Å². The highest BCUT2D eigenvalue weighted by molar-refractivity contribution is 6.20. The Morgan fingerprint density at radius 2 is 1.88 bits per heavy atom. The molecule has 0 amide bonds. The highest BCUT2D eigenvalue weighted by Crippen LogP contribution is 2.31. The molecule has 3 heteroatoms. The Bertz CT molecular complexity index is 477. The van der Waals surface area contributed by atoms with Gasteiger partial charge in [0.05, 0.1) is 12.5 Å². The summed E-state index contributed by atoms with van der Waals surface area (Å²) in [5.74, 6) is 0.810. The fourth-order valence-corrected chi connectivity index (χ4v) is 3.96. The number of aryl methyl sites for hydroxylation is 1. The van der Waals surface area contributed by atoms with Crippen LogP contribution in [0.15, 0.2) is 24.3 Å². The fraction of sp³-hybridized carbons (Fsp3) is 0.667. The maximum atomic E-state index is 11.1. The number of esters is 1. The number of alkyl halides is 1. The molecule has 134 valence electrons. The summed E-state index contributed by atoms with van der Waals surface area (Å²) in [6.45, 7) is 0. The molecule has 2 nitrogen and oxygen atoms in total. The van der Waals surface area contributed by atoms with Gasteiger partial charge in [0.15, 0.2) is 0 Å². The van der Waals surface area contributed by atoms with Gasteiger partial charge in [0, 0.05) is 6.42 Å². The van der Waals surface area contributed by atoms with Gasteiger partial charge in [-0.3, -0.25) is 4.79 Å². The van der Waals surface area contributed by atoms with Crippen molar-refractivity contribution in [3.8, 4) is 0 Å². The molecule has 1 aromatic rings. The largest absolute Gasteiger partial charge is 0.469 e. The SMILES string of the molecule is COC(=O)CCCc1ccc(C(Cl)CCCC2CCCCC2)cc1. The number of halogens is 1. The van der Waals surface area contributed by atoms with Gasteiger partial charge in [0.2, 0.25) is 0 Å². The van der Waals surface area contributed by atoms with E-state index in [0.717, 1.165) is 25.2 Å². The molecule has 1 aliphatic rings. The summed E-state index contributed by atoms with van der Waals surface area (Å²) in [7, 11) is 1.44. The Kier molecular flexibility index (Phi) is 8.66. The van der Waals surface area contributed by atoms with Crippen LogP contribution in [0.1, 0.15) is 80.7 Å². The number of benzene rings is 1. The Balaban J connectivity index is 1.68. The standard InChI is InChI=1S/C21H31ClO2/c1-24-21(23)12-6-10-18-13-15-19(16-14-18)20(22)11-5-9-17-7-3-2-4-8-17/h13-17,20H,2-12H2,1H3. The summed E-state index contributed by atoms with van der Waals surface area (Å²) >= 11 is 6.58. The maximum Gasteiger partial charge on any atom is 0.305 e. The number of carbonyl (C=O) groups is 1. The van der Waals surface area contributed by atoms with E-state index >= 15 is 0 Å². The Labute approximate surface area is 151 Å². The first-order valence-electron chi connectivity index (χ1n) is 9.48. The number of hydrogen-bond acceptors (Lipinski definition) is 2. The van der Waals surface area contributed by atoms with Crippen molar-refractivity contribution in [1.82, 2.24) is 0 Å². The lowest BCUT2D eigenvalue weighted by molar-refractivity contribution is -0.140. The molecule has 1 atom stereocenters. The van der Waals surface area contributed by atoms with Crippen molar-refractivity contribution >= 4 is 17.6 Å². The summed E-state index contributed by atoms with van der Waals surface area (Å²) in [6.07, 6.45) is 13.0. The summed E-state index contributed by atoms with van der Waals surface area (Å²) < 4.78 is 4.66. The summed E-state index contributed by atoms with van der Waals surface area (Å²) in [4.78, 5) is 11.1. The second kappa shape index (κ2) is 10.8. The topological polar surface area (TPSA) is 26.3 Å². The third kappa shape index (κ3) is 6.84. The van der Waals surface area contributed by atoms with Gasteiger partial charge in [-0.15, -0.1) is 11.6 Å². The van der Waals surface area contributed by atoms with E-state index in [2.05, 4.69) is 29.0 Å². The Morgan fingerprint density at radius 3 is 2.54 bits per heavy atom. The van der Waals surface area contributed by atoms with E-state index in [1.54, 1.807) is 0 Å². The van der Waals surface area contributed by atoms with Gasteiger partial charge in [0.1, 0.15) is 0 Å². The molecule has 0 spiro atoms. The molecule has 0 N–H and O–H groups in total. The average molecular weight is 351 g/mol. The van der Waals surface area contributed by atoms with Crippen molar-refractivity contribution in [3.63, 3.8) is 0 Å². The smallest absolute Gasteiger partial charge is 0.305 e. The van der Waals surface area contributed by atoms with E-state index in [-0.39, 0.29) is 11.3 Å². The zero-order valence-electron chi connectivity index (χ0n) is 14.9. The molecule has 1 fully saturated rings. The van der Waals surface area contributed by atoms with Crippen molar-refractivity contribution in [2.75, 3.05) is 7.11 Å². The lowest BCUT2D eigenvalue weighted by Gasteiger charge is -2.21. The van der Waals surface area contributed by atoms with Crippen LogP contribution in [0.3, 0.4) is 0 Å². The molecule has 0 aliphatic heterocycles. The van der Waals surface area contributed by atoms with Crippen molar-refractivity contribution in [1.29, 1.82) is 0 Å². The normalized spacial score (nSPS) is 16.8. The van der Waals surface area contributed by atoms with Crippen LogP contribution >= 0.6 is 11.6 Å². The minimum absolute atomic E-state index is 0.123. The summed E-state index contributed by atoms with van der Waals surface area (Å²) in [5.41, 5.74) is 2.48. The zero-order valence-corrected chi connectivity index (χ0v) is 15.7. The molecule has 0 radical (unpaired) electrons. The van der Waals surface area contributed by atoms with E-state index in [9.17, 15) is 4.79 Å². The van der Waals surface area contributed by atoms with Crippen LogP contribution < -0.4 is 0 Å². The lowest BCUT2D eigenvalue weighted by atomic mass is 9.85. The maximum absolute atomic E-state index is 11.1. The average Bonchev–Trinajstić information content (AvgIpc) is 2.63. The van der Waals surface area contributed by atoms with Crippen molar-refractivity contribution in [2.45, 2.75) is 76.0 Å². The number of ether oxygens (including phenoxy) is 1. The van der Waals surface area contributed by atoms with Crippen LogP contribution in [0.5, 0.6) is 0 Å². The lowest BCUT2D eigenvalue weighted by Crippen LogP contribution is -2.06. The molecule has 2 rings (SSSR count). The van der Waals surface area contributed by atoms with Crippen LogP contribution in [0.4, 0.5) is 0 Å². The first-order chi connectivity index (χ1) is 11.7. The second-order valence-electron chi connectivity index (χ2n) is 7.07. The van der Waals surface area contributed by atoms with E-state index in [1.165, 1.54) is 63.2 Å². The third-order valence-electron chi connectivity index (χ3n) is 5.21. The molecule has 1 unspecified atom stereocenters. The highest BCUT2D eigenvalue weighted by Gasteiger charge is 2.14. The zero-order chi connectivity index (χ0) is 17.2. The van der Waals surface area contributed by atoms with Gasteiger partial charge in [0.25, 0.3) is 0 Å². The molecule has 1 aromatic carbocycles. The predicted molar refractivity (Wildman–Crippen MR) is 100 cm³/mol. The summed E-state index contributed by atoms with van der Waals surface area (Å²) in [5, 5.41) is 0.123. The van der Waals surface area contributed by atoms with Crippen molar-refractivity contribution in [3.05, 3.63) is 35.4 Å². The van der Waals surface area contributed by atoms with Crippen molar-refractivity contribution < 1.29 is 9.53 Å². The minimum Gasteiger partial charge on any atom is -0.469 e. The van der Waals surface area contributed by atoms with Crippen LogP contribution in [0, 0.1) is 5.92 Å². The molecular weight excluding hydrogens is 320 g/mol. The predicted octanol–water partition coefficient (Wildman–Crippen LogP) is 6.21. The van der Waals surface area contributed by atoms with E-state index in [1.807, 2.05) is 0 Å². The number of carbonyl (C=O) groups excluding carboxylic acids is 1. The summed E-state index contributed by atoms with van der Waals surface area (Å²) in [6, 6.07) is 8.57.